The van der Waals surface area contributed by atoms with Crippen molar-refractivity contribution in [3.63, 3.8) is 0 Å². The van der Waals surface area contributed by atoms with Gasteiger partial charge in [-0.2, -0.15) is 0 Å². The normalized spacial score (nSPS) is 17.9. The summed E-state index contributed by atoms with van der Waals surface area (Å²) in [6, 6.07) is 14.5. The summed E-state index contributed by atoms with van der Waals surface area (Å²) in [6.45, 7) is 2.90. The molecule has 0 aliphatic carbocycles. The van der Waals surface area contributed by atoms with Crippen LogP contribution in [-0.2, 0) is 13.1 Å². The quantitative estimate of drug-likeness (QED) is 0.631. The van der Waals surface area contributed by atoms with E-state index in [1.807, 2.05) is 30.6 Å². The maximum absolute atomic E-state index is 6.32. The van der Waals surface area contributed by atoms with E-state index < -0.39 is 0 Å². The first-order valence-corrected chi connectivity index (χ1v) is 9.21. The van der Waals surface area contributed by atoms with Crippen LogP contribution in [0.3, 0.4) is 0 Å². The Morgan fingerprint density at radius 1 is 1.04 bits per heavy atom. The average Bonchev–Trinajstić information content (AvgIpc) is 3.00. The molecule has 3 heterocycles. The maximum atomic E-state index is 6.32. The van der Waals surface area contributed by atoms with Crippen molar-refractivity contribution < 1.29 is 0 Å². The average molecular weight is 372 g/mol. The smallest absolute Gasteiger partial charge is 0.0759 e. The summed E-state index contributed by atoms with van der Waals surface area (Å²) in [5, 5.41) is 1.19. The van der Waals surface area contributed by atoms with Crippen molar-refractivity contribution in [2.45, 2.75) is 25.6 Å². The number of aryl methyl sites for hydroxylation is 1. The lowest BCUT2D eigenvalue weighted by molar-refractivity contribution is 0.220. The zero-order chi connectivity index (χ0) is 17.2. The number of rotatable bonds is 3. The molecule has 25 heavy (non-hydrogen) atoms. The van der Waals surface area contributed by atoms with Crippen LogP contribution < -0.4 is 0 Å². The van der Waals surface area contributed by atoms with Gasteiger partial charge in [0.15, 0.2) is 0 Å². The number of nitrogens with zero attached hydrogens (tertiary/aromatic N) is 3. The molecule has 0 spiro atoms. The molecule has 0 N–H and O–H groups in total. The summed E-state index contributed by atoms with van der Waals surface area (Å²) in [5.74, 6) is 0. The second-order valence-corrected chi connectivity index (χ2v) is 7.20. The number of hydrogen-bond donors (Lipinski definition) is 0. The van der Waals surface area contributed by atoms with Crippen LogP contribution in [0.4, 0.5) is 0 Å². The van der Waals surface area contributed by atoms with Crippen LogP contribution in [0.2, 0.25) is 10.0 Å². The van der Waals surface area contributed by atoms with Crippen LogP contribution in [0.5, 0.6) is 0 Å². The number of pyridine rings is 1. The molecule has 0 fully saturated rings. The van der Waals surface area contributed by atoms with Crippen LogP contribution in [0, 0.1) is 0 Å². The van der Waals surface area contributed by atoms with E-state index in [4.69, 9.17) is 23.2 Å². The number of fused-ring (bicyclic) bond motifs is 1. The molecule has 0 unspecified atom stereocenters. The highest BCUT2D eigenvalue weighted by Crippen LogP contribution is 2.35. The van der Waals surface area contributed by atoms with Crippen LogP contribution in [0.1, 0.15) is 29.3 Å². The molecule has 0 radical (unpaired) electrons. The minimum Gasteiger partial charge on any atom is -0.350 e. The number of aromatic nitrogens is 2. The molecule has 1 aliphatic rings. The molecular formula is C20H19Cl2N3. The van der Waals surface area contributed by atoms with Gasteiger partial charge < -0.3 is 4.57 Å². The van der Waals surface area contributed by atoms with Crippen molar-refractivity contribution >= 4 is 23.2 Å². The molecular weight excluding hydrogens is 353 g/mol. The Kier molecular flexibility index (Phi) is 4.80. The molecule has 1 atom stereocenters. The van der Waals surface area contributed by atoms with Crippen molar-refractivity contribution in [1.29, 1.82) is 0 Å². The Balaban J connectivity index is 1.76. The topological polar surface area (TPSA) is 21.1 Å². The maximum Gasteiger partial charge on any atom is 0.0759 e. The zero-order valence-corrected chi connectivity index (χ0v) is 15.3. The first-order chi connectivity index (χ1) is 12.2. The van der Waals surface area contributed by atoms with Gasteiger partial charge in [0.1, 0.15) is 0 Å². The van der Waals surface area contributed by atoms with Crippen molar-refractivity contribution in [2.24, 2.45) is 0 Å². The molecule has 128 valence electrons. The number of benzene rings is 1. The largest absolute Gasteiger partial charge is 0.350 e. The lowest BCUT2D eigenvalue weighted by atomic mass is 10.0. The van der Waals surface area contributed by atoms with Gasteiger partial charge in [0, 0.05) is 43.9 Å². The fourth-order valence-corrected chi connectivity index (χ4v) is 3.91. The molecule has 0 saturated carbocycles. The lowest BCUT2D eigenvalue weighted by Gasteiger charge is -2.30. The van der Waals surface area contributed by atoms with E-state index in [0.717, 1.165) is 26.1 Å². The third-order valence-corrected chi connectivity index (χ3v) is 5.46. The van der Waals surface area contributed by atoms with E-state index in [9.17, 15) is 0 Å². The Morgan fingerprint density at radius 2 is 1.96 bits per heavy atom. The van der Waals surface area contributed by atoms with E-state index in [1.165, 1.54) is 16.8 Å². The van der Waals surface area contributed by atoms with E-state index in [1.54, 1.807) is 0 Å². The molecule has 0 amide bonds. The molecule has 0 bridgehead atoms. The summed E-state index contributed by atoms with van der Waals surface area (Å²) in [7, 11) is 0. The molecule has 4 rings (SSSR count). The lowest BCUT2D eigenvalue weighted by Crippen LogP contribution is -2.29. The van der Waals surface area contributed by atoms with E-state index in [-0.39, 0.29) is 6.04 Å². The predicted octanol–water partition coefficient (Wildman–Crippen LogP) is 5.19. The molecule has 3 aromatic rings. The Labute approximate surface area is 157 Å². The molecule has 1 aliphatic heterocycles. The highest BCUT2D eigenvalue weighted by Gasteiger charge is 2.27. The van der Waals surface area contributed by atoms with Gasteiger partial charge in [-0.25, -0.2) is 0 Å². The van der Waals surface area contributed by atoms with Gasteiger partial charge in [0.2, 0.25) is 0 Å². The standard InChI is InChI=1S/C20H19Cl2N3/c21-17-7-6-16(12-18(17)22)20-19-5-2-9-24(19)10-3-11-25(20)14-15-4-1-8-23-13-15/h1-2,4-9,12-13,20H,3,10-11,14H2/t20-/m1/s1. The van der Waals surface area contributed by atoms with Gasteiger partial charge in [-0.3, -0.25) is 9.88 Å². The predicted molar refractivity (Wildman–Crippen MR) is 102 cm³/mol. The molecule has 5 heteroatoms. The Morgan fingerprint density at radius 3 is 2.76 bits per heavy atom. The monoisotopic (exact) mass is 371 g/mol. The minimum absolute atomic E-state index is 0.146. The van der Waals surface area contributed by atoms with Crippen molar-refractivity contribution in [3.8, 4) is 0 Å². The molecule has 2 aromatic heterocycles. The molecule has 3 nitrogen and oxygen atoms in total. The first-order valence-electron chi connectivity index (χ1n) is 8.45. The van der Waals surface area contributed by atoms with Gasteiger partial charge in [-0.05, 0) is 47.9 Å². The summed E-state index contributed by atoms with van der Waals surface area (Å²) >= 11 is 12.5. The van der Waals surface area contributed by atoms with Crippen molar-refractivity contribution in [2.75, 3.05) is 6.54 Å². The van der Waals surface area contributed by atoms with Crippen LogP contribution in [0.15, 0.2) is 61.1 Å². The summed E-state index contributed by atoms with van der Waals surface area (Å²) in [6.07, 6.45) is 7.02. The van der Waals surface area contributed by atoms with E-state index in [2.05, 4.69) is 44.9 Å². The van der Waals surface area contributed by atoms with Crippen LogP contribution in [0.25, 0.3) is 0 Å². The van der Waals surface area contributed by atoms with Gasteiger partial charge in [0.25, 0.3) is 0 Å². The summed E-state index contributed by atoms with van der Waals surface area (Å²) in [5.41, 5.74) is 3.67. The van der Waals surface area contributed by atoms with Crippen molar-refractivity contribution in [1.82, 2.24) is 14.5 Å². The fraction of sp³-hybridized carbons (Fsp3) is 0.250. The Hall–Kier alpha value is -1.81. The highest BCUT2D eigenvalue weighted by molar-refractivity contribution is 6.42. The third kappa shape index (κ3) is 3.45. The van der Waals surface area contributed by atoms with E-state index >= 15 is 0 Å². The zero-order valence-electron chi connectivity index (χ0n) is 13.8. The van der Waals surface area contributed by atoms with Gasteiger partial charge in [0.05, 0.1) is 16.1 Å². The third-order valence-electron chi connectivity index (χ3n) is 4.72. The molecule has 0 saturated heterocycles. The van der Waals surface area contributed by atoms with Crippen LogP contribution >= 0.6 is 23.2 Å². The fourth-order valence-electron chi connectivity index (χ4n) is 3.60. The number of hydrogen-bond acceptors (Lipinski definition) is 2. The summed E-state index contributed by atoms with van der Waals surface area (Å²) in [4.78, 5) is 6.76. The SMILES string of the molecule is Clc1ccc([C@@H]2c3cccn3CCCN2Cc2cccnc2)cc1Cl. The van der Waals surface area contributed by atoms with Gasteiger partial charge in [-0.15, -0.1) is 0 Å². The second-order valence-electron chi connectivity index (χ2n) is 6.39. The molecule has 1 aromatic carbocycles. The first kappa shape index (κ1) is 16.6. The minimum atomic E-state index is 0.146. The van der Waals surface area contributed by atoms with Crippen molar-refractivity contribution in [3.05, 3.63) is 87.9 Å². The summed E-state index contributed by atoms with van der Waals surface area (Å²) < 4.78 is 2.34. The second kappa shape index (κ2) is 7.20. The highest BCUT2D eigenvalue weighted by atomic mass is 35.5. The number of halogens is 2. The Bertz CT molecular complexity index is 860. The van der Waals surface area contributed by atoms with E-state index in [0.29, 0.717) is 10.0 Å². The van der Waals surface area contributed by atoms with Gasteiger partial charge in [-0.1, -0.05) is 35.3 Å². The van der Waals surface area contributed by atoms with Crippen LogP contribution in [-0.4, -0.2) is 21.0 Å². The van der Waals surface area contributed by atoms with Gasteiger partial charge >= 0.3 is 0 Å².